The molecule has 0 radical (unpaired) electrons. The third-order valence-corrected chi connectivity index (χ3v) is 7.57. The molecule has 0 spiro atoms. The van der Waals surface area contributed by atoms with Gasteiger partial charge in [-0.1, -0.05) is 73.7 Å². The largest absolute Gasteiger partial charge is 0.302 e. The molecule has 0 aliphatic heterocycles. The normalized spacial score (nSPS) is 11.3. The molecule has 0 aliphatic carbocycles. The number of carbonyl (C=O) groups excluding carboxylic acids is 1. The first-order chi connectivity index (χ1) is 15.4. The molecule has 4 aromatic rings. The predicted octanol–water partition coefficient (Wildman–Crippen LogP) is 5.45. The van der Waals surface area contributed by atoms with Gasteiger partial charge in [0.25, 0.3) is 0 Å². The number of anilines is 1. The van der Waals surface area contributed by atoms with Crippen LogP contribution in [0.15, 0.2) is 89.1 Å². The molecule has 0 bridgehead atoms. The minimum Gasteiger partial charge on any atom is -0.302 e. The average molecular weight is 463 g/mol. The molecule has 7 heteroatoms. The maximum Gasteiger partial charge on any atom is 0.230 e. The van der Waals surface area contributed by atoms with Crippen molar-refractivity contribution >= 4 is 32.2 Å². The number of carbonyl (C=O) groups is 1. The number of thiazole rings is 1. The van der Waals surface area contributed by atoms with Crippen molar-refractivity contribution < 1.29 is 13.2 Å². The van der Waals surface area contributed by atoms with Crippen LogP contribution >= 0.6 is 11.3 Å². The molecule has 1 N–H and O–H groups in total. The van der Waals surface area contributed by atoms with Gasteiger partial charge in [-0.05, 0) is 28.8 Å². The highest BCUT2D eigenvalue weighted by molar-refractivity contribution is 7.91. The molecule has 1 heterocycles. The second-order valence-corrected chi connectivity index (χ2v) is 10.4. The van der Waals surface area contributed by atoms with Crippen LogP contribution < -0.4 is 5.32 Å². The predicted molar refractivity (Wildman–Crippen MR) is 129 cm³/mol. The number of benzene rings is 3. The summed E-state index contributed by atoms with van der Waals surface area (Å²) in [7, 11) is -3.24. The van der Waals surface area contributed by atoms with Crippen LogP contribution in [0.4, 0.5) is 5.13 Å². The monoisotopic (exact) mass is 462 g/mol. The molecule has 0 aliphatic rings. The van der Waals surface area contributed by atoms with Gasteiger partial charge in [-0.3, -0.25) is 4.79 Å². The van der Waals surface area contributed by atoms with E-state index in [0.717, 1.165) is 27.9 Å². The standard InChI is InChI=1S/C25H22N2O3S2/c1-2-32(29,30)22-14-8-18(9-15-22)16-24(28)27-25-26-23(17-31-25)21-12-10-20(11-13-21)19-6-4-3-5-7-19/h3-15,17H,2,16H2,1H3,(H,26,27,28). The average Bonchev–Trinajstić information content (AvgIpc) is 3.28. The van der Waals surface area contributed by atoms with Crippen LogP contribution in [0.3, 0.4) is 0 Å². The fraction of sp³-hybridized carbons (Fsp3) is 0.120. The summed E-state index contributed by atoms with van der Waals surface area (Å²) in [6.45, 7) is 1.61. The van der Waals surface area contributed by atoms with E-state index in [1.165, 1.54) is 11.3 Å². The van der Waals surface area contributed by atoms with Crippen LogP contribution in [0, 0.1) is 0 Å². The molecule has 5 nitrogen and oxygen atoms in total. The topological polar surface area (TPSA) is 76.1 Å². The fourth-order valence-corrected chi connectivity index (χ4v) is 4.88. The Bertz CT molecular complexity index is 1310. The Morgan fingerprint density at radius 3 is 2.16 bits per heavy atom. The van der Waals surface area contributed by atoms with Crippen molar-refractivity contribution in [2.75, 3.05) is 11.1 Å². The lowest BCUT2D eigenvalue weighted by atomic mass is 10.0. The van der Waals surface area contributed by atoms with Crippen LogP contribution in [-0.4, -0.2) is 25.1 Å². The minimum absolute atomic E-state index is 0.0498. The van der Waals surface area contributed by atoms with E-state index >= 15 is 0 Å². The van der Waals surface area contributed by atoms with E-state index in [0.29, 0.717) is 5.13 Å². The fourth-order valence-electron chi connectivity index (χ4n) is 3.26. The van der Waals surface area contributed by atoms with Crippen LogP contribution in [0.5, 0.6) is 0 Å². The summed E-state index contributed by atoms with van der Waals surface area (Å²) in [5, 5.41) is 5.27. The first kappa shape index (κ1) is 21.9. The third kappa shape index (κ3) is 5.12. The van der Waals surface area contributed by atoms with Gasteiger partial charge in [-0.25, -0.2) is 13.4 Å². The number of amides is 1. The second kappa shape index (κ2) is 9.46. The summed E-state index contributed by atoms with van der Waals surface area (Å²) in [5.41, 5.74) is 4.82. The van der Waals surface area contributed by atoms with Gasteiger partial charge in [0, 0.05) is 10.9 Å². The van der Waals surface area contributed by atoms with Gasteiger partial charge in [-0.15, -0.1) is 11.3 Å². The Morgan fingerprint density at radius 2 is 1.50 bits per heavy atom. The Labute approximate surface area is 191 Å². The molecule has 0 atom stereocenters. The Kier molecular flexibility index (Phi) is 6.48. The van der Waals surface area contributed by atoms with Gasteiger partial charge >= 0.3 is 0 Å². The van der Waals surface area contributed by atoms with Crippen molar-refractivity contribution in [1.82, 2.24) is 4.98 Å². The molecule has 0 unspecified atom stereocenters. The number of nitrogens with zero attached hydrogens (tertiary/aromatic N) is 1. The van der Waals surface area contributed by atoms with E-state index in [2.05, 4.69) is 34.6 Å². The quantitative estimate of drug-likeness (QED) is 0.396. The lowest BCUT2D eigenvalue weighted by Crippen LogP contribution is -2.14. The number of aromatic nitrogens is 1. The van der Waals surface area contributed by atoms with Crippen molar-refractivity contribution in [1.29, 1.82) is 0 Å². The molecule has 32 heavy (non-hydrogen) atoms. The summed E-state index contributed by atoms with van der Waals surface area (Å²) in [5.74, 6) is -0.148. The zero-order valence-electron chi connectivity index (χ0n) is 17.5. The summed E-state index contributed by atoms with van der Waals surface area (Å²) in [6, 6.07) is 24.8. The molecule has 4 rings (SSSR count). The molecule has 0 saturated carbocycles. The molecule has 1 aromatic heterocycles. The number of hydrogen-bond acceptors (Lipinski definition) is 5. The number of sulfone groups is 1. The zero-order valence-corrected chi connectivity index (χ0v) is 19.1. The zero-order chi connectivity index (χ0) is 22.6. The van der Waals surface area contributed by atoms with Crippen molar-refractivity contribution in [2.24, 2.45) is 0 Å². The van der Waals surface area contributed by atoms with E-state index in [4.69, 9.17) is 0 Å². The summed E-state index contributed by atoms with van der Waals surface area (Å²) in [4.78, 5) is 17.2. The maximum absolute atomic E-state index is 12.4. The van der Waals surface area contributed by atoms with Gasteiger partial charge in [-0.2, -0.15) is 0 Å². The van der Waals surface area contributed by atoms with E-state index < -0.39 is 9.84 Å². The van der Waals surface area contributed by atoms with E-state index in [1.807, 2.05) is 35.7 Å². The van der Waals surface area contributed by atoms with Crippen molar-refractivity contribution in [3.8, 4) is 22.4 Å². The van der Waals surface area contributed by atoms with E-state index in [9.17, 15) is 13.2 Å². The lowest BCUT2D eigenvalue weighted by Gasteiger charge is -2.05. The minimum atomic E-state index is -3.24. The van der Waals surface area contributed by atoms with Crippen LogP contribution in [0.25, 0.3) is 22.4 Å². The smallest absolute Gasteiger partial charge is 0.230 e. The number of hydrogen-bond donors (Lipinski definition) is 1. The van der Waals surface area contributed by atoms with Crippen LogP contribution in [0.1, 0.15) is 12.5 Å². The van der Waals surface area contributed by atoms with Gasteiger partial charge in [0.15, 0.2) is 15.0 Å². The summed E-state index contributed by atoms with van der Waals surface area (Å²) in [6.07, 6.45) is 0.146. The molecule has 162 valence electrons. The van der Waals surface area contributed by atoms with Crippen molar-refractivity contribution in [3.63, 3.8) is 0 Å². The molecule has 1 amide bonds. The van der Waals surface area contributed by atoms with Gasteiger partial charge < -0.3 is 5.32 Å². The molecule has 3 aromatic carbocycles. The lowest BCUT2D eigenvalue weighted by molar-refractivity contribution is -0.115. The van der Waals surface area contributed by atoms with Gasteiger partial charge in [0.05, 0.1) is 22.8 Å². The number of nitrogens with one attached hydrogen (secondary N) is 1. The summed E-state index contributed by atoms with van der Waals surface area (Å²) >= 11 is 1.37. The van der Waals surface area contributed by atoms with Gasteiger partial charge in [0.1, 0.15) is 0 Å². The van der Waals surface area contributed by atoms with Gasteiger partial charge in [0.2, 0.25) is 5.91 Å². The third-order valence-electron chi connectivity index (χ3n) is 5.07. The van der Waals surface area contributed by atoms with Crippen molar-refractivity contribution in [2.45, 2.75) is 18.2 Å². The highest BCUT2D eigenvalue weighted by atomic mass is 32.2. The van der Waals surface area contributed by atoms with Crippen LogP contribution in [-0.2, 0) is 21.1 Å². The van der Waals surface area contributed by atoms with Crippen LogP contribution in [0.2, 0.25) is 0 Å². The Hall–Kier alpha value is -3.29. The second-order valence-electron chi connectivity index (χ2n) is 7.25. The first-order valence-corrected chi connectivity index (χ1v) is 12.7. The highest BCUT2D eigenvalue weighted by Gasteiger charge is 2.13. The Morgan fingerprint density at radius 1 is 0.875 bits per heavy atom. The van der Waals surface area contributed by atoms with E-state index in [-0.39, 0.29) is 23.0 Å². The number of rotatable bonds is 7. The maximum atomic E-state index is 12.4. The first-order valence-electron chi connectivity index (χ1n) is 10.2. The highest BCUT2D eigenvalue weighted by Crippen LogP contribution is 2.27. The molecule has 0 fully saturated rings. The van der Waals surface area contributed by atoms with Crippen molar-refractivity contribution in [3.05, 3.63) is 89.8 Å². The van der Waals surface area contributed by atoms with E-state index in [1.54, 1.807) is 31.2 Å². The SMILES string of the molecule is CCS(=O)(=O)c1ccc(CC(=O)Nc2nc(-c3ccc(-c4ccccc4)cc3)cs2)cc1. The molecular weight excluding hydrogens is 440 g/mol. The summed E-state index contributed by atoms with van der Waals surface area (Å²) < 4.78 is 23.8. The Balaban J connectivity index is 1.39. The molecular formula is C25H22N2O3S2. The molecule has 0 saturated heterocycles.